The monoisotopic (exact) mass is 273 g/mol. The average Bonchev–Trinajstić information content (AvgIpc) is 2.42. The predicted molar refractivity (Wildman–Crippen MR) is 79.5 cm³/mol. The zero-order valence-corrected chi connectivity index (χ0v) is 11.4. The number of rotatable bonds is 3. The number of anilines is 3. The molecule has 0 radical (unpaired) electrons. The Kier molecular flexibility index (Phi) is 3.89. The number of halogens is 1. The number of para-hydroxylation sites is 1. The van der Waals surface area contributed by atoms with Crippen LogP contribution in [0.5, 0.6) is 0 Å². The highest BCUT2D eigenvalue weighted by atomic mass is 19.1. The van der Waals surface area contributed by atoms with Crippen LogP contribution in [0.25, 0.3) is 0 Å². The molecule has 5 heteroatoms. The maximum Gasteiger partial charge on any atom is 0.257 e. The molecule has 0 bridgehead atoms. The first-order chi connectivity index (χ1) is 9.49. The van der Waals surface area contributed by atoms with Crippen LogP contribution in [0.2, 0.25) is 0 Å². The highest BCUT2D eigenvalue weighted by Crippen LogP contribution is 2.19. The molecule has 0 saturated carbocycles. The fourth-order valence-electron chi connectivity index (χ4n) is 1.78. The zero-order valence-electron chi connectivity index (χ0n) is 11.4. The Hall–Kier alpha value is -2.56. The number of nitrogens with zero attached hydrogens (tertiary/aromatic N) is 1. The number of nitrogen functional groups attached to an aromatic ring is 1. The van der Waals surface area contributed by atoms with E-state index < -0.39 is 11.7 Å². The quantitative estimate of drug-likeness (QED) is 0.845. The number of nitrogens with two attached hydrogens (primary N) is 1. The van der Waals surface area contributed by atoms with E-state index in [0.717, 1.165) is 5.69 Å². The van der Waals surface area contributed by atoms with Gasteiger partial charge in [-0.25, -0.2) is 4.39 Å². The van der Waals surface area contributed by atoms with Gasteiger partial charge in [0.15, 0.2) is 0 Å². The summed E-state index contributed by atoms with van der Waals surface area (Å²) >= 11 is 0. The van der Waals surface area contributed by atoms with E-state index in [2.05, 4.69) is 5.32 Å². The summed E-state index contributed by atoms with van der Waals surface area (Å²) in [5.41, 5.74) is 7.19. The smallest absolute Gasteiger partial charge is 0.257 e. The summed E-state index contributed by atoms with van der Waals surface area (Å²) in [7, 11) is 3.86. The summed E-state index contributed by atoms with van der Waals surface area (Å²) in [5, 5.41) is 2.69. The van der Waals surface area contributed by atoms with E-state index in [1.165, 1.54) is 18.2 Å². The first kappa shape index (κ1) is 13.9. The van der Waals surface area contributed by atoms with E-state index in [1.54, 1.807) is 12.1 Å². The Balaban J connectivity index is 2.17. The van der Waals surface area contributed by atoms with Crippen LogP contribution in [-0.2, 0) is 0 Å². The summed E-state index contributed by atoms with van der Waals surface area (Å²) in [5.74, 6) is -1.03. The lowest BCUT2D eigenvalue weighted by Gasteiger charge is -2.13. The molecular formula is C15H16FN3O. The minimum Gasteiger partial charge on any atom is -0.396 e. The molecule has 0 atom stereocenters. The van der Waals surface area contributed by atoms with Crippen LogP contribution < -0.4 is 16.0 Å². The van der Waals surface area contributed by atoms with Gasteiger partial charge in [-0.1, -0.05) is 6.07 Å². The molecule has 0 aliphatic heterocycles. The number of amides is 1. The molecular weight excluding hydrogens is 257 g/mol. The SMILES string of the molecule is CN(C)c1ccc(NC(=O)c2cccc(F)c2N)cc1. The van der Waals surface area contributed by atoms with Crippen LogP contribution >= 0.6 is 0 Å². The summed E-state index contributed by atoms with van der Waals surface area (Å²) in [6.07, 6.45) is 0. The Morgan fingerprint density at radius 1 is 1.15 bits per heavy atom. The minimum absolute atomic E-state index is 0.127. The Labute approximate surface area is 117 Å². The van der Waals surface area contributed by atoms with E-state index in [0.29, 0.717) is 5.69 Å². The van der Waals surface area contributed by atoms with Crippen molar-refractivity contribution in [3.05, 3.63) is 53.8 Å². The van der Waals surface area contributed by atoms with Crippen molar-refractivity contribution in [2.45, 2.75) is 0 Å². The molecule has 0 unspecified atom stereocenters. The van der Waals surface area contributed by atoms with Crippen molar-refractivity contribution in [3.8, 4) is 0 Å². The highest BCUT2D eigenvalue weighted by molar-refractivity contribution is 6.07. The summed E-state index contributed by atoms with van der Waals surface area (Å²) in [6, 6.07) is 11.5. The van der Waals surface area contributed by atoms with E-state index in [-0.39, 0.29) is 11.3 Å². The number of carbonyl (C=O) groups is 1. The lowest BCUT2D eigenvalue weighted by Crippen LogP contribution is -2.15. The van der Waals surface area contributed by atoms with Crippen molar-refractivity contribution < 1.29 is 9.18 Å². The zero-order chi connectivity index (χ0) is 14.7. The van der Waals surface area contributed by atoms with Crippen LogP contribution in [0, 0.1) is 5.82 Å². The van der Waals surface area contributed by atoms with Gasteiger partial charge in [0, 0.05) is 25.5 Å². The first-order valence-corrected chi connectivity index (χ1v) is 6.12. The maximum absolute atomic E-state index is 13.3. The second-order valence-corrected chi connectivity index (χ2v) is 4.60. The van der Waals surface area contributed by atoms with Crippen molar-refractivity contribution in [1.29, 1.82) is 0 Å². The van der Waals surface area contributed by atoms with E-state index in [9.17, 15) is 9.18 Å². The van der Waals surface area contributed by atoms with Crippen LogP contribution in [0.15, 0.2) is 42.5 Å². The van der Waals surface area contributed by atoms with Gasteiger partial charge in [-0.3, -0.25) is 4.79 Å². The number of nitrogens with one attached hydrogen (secondary N) is 1. The molecule has 0 aliphatic rings. The lowest BCUT2D eigenvalue weighted by atomic mass is 10.1. The largest absolute Gasteiger partial charge is 0.396 e. The third-order valence-corrected chi connectivity index (χ3v) is 2.94. The number of carbonyl (C=O) groups excluding carboxylic acids is 1. The average molecular weight is 273 g/mol. The molecule has 0 fully saturated rings. The third kappa shape index (κ3) is 2.88. The van der Waals surface area contributed by atoms with Gasteiger partial charge in [-0.05, 0) is 36.4 Å². The fraction of sp³-hybridized carbons (Fsp3) is 0.133. The number of benzene rings is 2. The predicted octanol–water partition coefficient (Wildman–Crippen LogP) is 2.73. The van der Waals surface area contributed by atoms with Crippen molar-refractivity contribution in [3.63, 3.8) is 0 Å². The van der Waals surface area contributed by atoms with Crippen molar-refractivity contribution in [2.24, 2.45) is 0 Å². The van der Waals surface area contributed by atoms with Crippen LogP contribution in [0.3, 0.4) is 0 Å². The van der Waals surface area contributed by atoms with E-state index >= 15 is 0 Å². The van der Waals surface area contributed by atoms with Crippen LogP contribution in [0.4, 0.5) is 21.5 Å². The molecule has 0 aromatic heterocycles. The van der Waals surface area contributed by atoms with Gasteiger partial charge in [0.1, 0.15) is 5.82 Å². The molecule has 0 saturated heterocycles. The van der Waals surface area contributed by atoms with Gasteiger partial charge in [-0.2, -0.15) is 0 Å². The standard InChI is InChI=1S/C15H16FN3O/c1-19(2)11-8-6-10(7-9-11)18-15(20)12-4-3-5-13(16)14(12)17/h3-9H,17H2,1-2H3,(H,18,20). The number of hydrogen-bond donors (Lipinski definition) is 2. The topological polar surface area (TPSA) is 58.4 Å². The summed E-state index contributed by atoms with van der Waals surface area (Å²) in [4.78, 5) is 14.0. The fourth-order valence-corrected chi connectivity index (χ4v) is 1.78. The highest BCUT2D eigenvalue weighted by Gasteiger charge is 2.12. The second-order valence-electron chi connectivity index (χ2n) is 4.60. The lowest BCUT2D eigenvalue weighted by molar-refractivity contribution is 0.102. The van der Waals surface area contributed by atoms with E-state index in [1.807, 2.05) is 31.1 Å². The number of hydrogen-bond acceptors (Lipinski definition) is 3. The molecule has 2 aromatic rings. The van der Waals surface area contributed by atoms with E-state index in [4.69, 9.17) is 5.73 Å². The van der Waals surface area contributed by atoms with Gasteiger partial charge in [-0.15, -0.1) is 0 Å². The van der Waals surface area contributed by atoms with Gasteiger partial charge >= 0.3 is 0 Å². The Morgan fingerprint density at radius 3 is 2.40 bits per heavy atom. The molecule has 0 heterocycles. The summed E-state index contributed by atoms with van der Waals surface area (Å²) in [6.45, 7) is 0. The molecule has 4 nitrogen and oxygen atoms in total. The Bertz CT molecular complexity index is 624. The minimum atomic E-state index is -0.597. The van der Waals surface area contributed by atoms with Crippen LogP contribution in [0.1, 0.15) is 10.4 Å². The molecule has 104 valence electrons. The third-order valence-electron chi connectivity index (χ3n) is 2.94. The van der Waals surface area contributed by atoms with Crippen molar-refractivity contribution in [1.82, 2.24) is 0 Å². The van der Waals surface area contributed by atoms with Crippen LogP contribution in [-0.4, -0.2) is 20.0 Å². The molecule has 2 aromatic carbocycles. The Morgan fingerprint density at radius 2 is 1.80 bits per heavy atom. The van der Waals surface area contributed by atoms with Gasteiger partial charge in [0.05, 0.1) is 11.3 Å². The van der Waals surface area contributed by atoms with Gasteiger partial charge in [0.25, 0.3) is 5.91 Å². The molecule has 2 rings (SSSR count). The molecule has 20 heavy (non-hydrogen) atoms. The van der Waals surface area contributed by atoms with Crippen molar-refractivity contribution in [2.75, 3.05) is 30.0 Å². The summed E-state index contributed by atoms with van der Waals surface area (Å²) < 4.78 is 13.3. The van der Waals surface area contributed by atoms with Crippen molar-refractivity contribution >= 4 is 23.0 Å². The van der Waals surface area contributed by atoms with Gasteiger partial charge < -0.3 is 16.0 Å². The molecule has 0 spiro atoms. The van der Waals surface area contributed by atoms with Gasteiger partial charge in [0.2, 0.25) is 0 Å². The first-order valence-electron chi connectivity index (χ1n) is 6.12. The maximum atomic E-state index is 13.3. The molecule has 3 N–H and O–H groups in total. The normalized spacial score (nSPS) is 10.2. The molecule has 1 amide bonds. The molecule has 0 aliphatic carbocycles. The second kappa shape index (κ2) is 5.61.